The van der Waals surface area contributed by atoms with E-state index in [-0.39, 0.29) is 12.0 Å². The molecule has 152 valence electrons. The Morgan fingerprint density at radius 3 is 2.31 bits per heavy atom. The molecule has 1 nitrogen and oxygen atoms in total. The molecule has 0 aromatic heterocycles. The van der Waals surface area contributed by atoms with E-state index in [1.54, 1.807) is 25.3 Å². The minimum atomic E-state index is -5.71. The van der Waals surface area contributed by atoms with Crippen LogP contribution in [0.4, 0.5) is 26.3 Å². The third-order valence-corrected chi connectivity index (χ3v) is 4.68. The topological polar surface area (TPSA) is 12.0 Å². The van der Waals surface area contributed by atoms with Gasteiger partial charge in [0.2, 0.25) is 0 Å². The van der Waals surface area contributed by atoms with Crippen LogP contribution in [0.1, 0.15) is 27.8 Å². The van der Waals surface area contributed by atoms with Crippen molar-refractivity contribution in [3.05, 3.63) is 101 Å². The number of hydrogen-bond donors (Lipinski definition) is 1. The average Bonchev–Trinajstić information content (AvgIpc) is 2.63. The van der Waals surface area contributed by atoms with E-state index in [0.29, 0.717) is 28.0 Å². The molecule has 7 heteroatoms. The van der Waals surface area contributed by atoms with Crippen LogP contribution >= 0.6 is 0 Å². The van der Waals surface area contributed by atoms with Crippen LogP contribution < -0.4 is 5.32 Å². The molecule has 0 radical (unpaired) electrons. The maximum atomic E-state index is 13.9. The number of rotatable bonds is 4. The fourth-order valence-electron chi connectivity index (χ4n) is 3.13. The monoisotopic (exact) mass is 409 g/mol. The quantitative estimate of drug-likeness (QED) is 0.577. The summed E-state index contributed by atoms with van der Waals surface area (Å²) in [4.78, 5) is 0. The second-order valence-corrected chi connectivity index (χ2v) is 6.79. The Bertz CT molecular complexity index is 1010. The molecule has 0 atom stereocenters. The zero-order chi connectivity index (χ0) is 21.4. The SMILES string of the molecule is C=C1C=C(c2ccc(C(F)(F)C(F)(F)F)cc2Cc2ccc(F)cc2C)C=CN1. The molecular weight excluding hydrogens is 392 g/mol. The summed E-state index contributed by atoms with van der Waals surface area (Å²) < 4.78 is 79.8. The van der Waals surface area contributed by atoms with Gasteiger partial charge in [-0.25, -0.2) is 4.39 Å². The summed E-state index contributed by atoms with van der Waals surface area (Å²) in [5, 5.41) is 2.86. The van der Waals surface area contributed by atoms with Crippen LogP contribution in [-0.2, 0) is 12.3 Å². The smallest absolute Gasteiger partial charge is 0.362 e. The summed E-state index contributed by atoms with van der Waals surface area (Å²) >= 11 is 0. The first kappa shape index (κ1) is 20.8. The van der Waals surface area contributed by atoms with Gasteiger partial charge in [-0.15, -0.1) is 0 Å². The van der Waals surface area contributed by atoms with Crippen LogP contribution in [0.2, 0.25) is 0 Å². The van der Waals surface area contributed by atoms with E-state index in [1.807, 2.05) is 0 Å². The average molecular weight is 409 g/mol. The summed E-state index contributed by atoms with van der Waals surface area (Å²) in [5.41, 5.74) is 1.99. The van der Waals surface area contributed by atoms with Gasteiger partial charge in [0, 0.05) is 17.5 Å². The Morgan fingerprint density at radius 1 is 0.966 bits per heavy atom. The van der Waals surface area contributed by atoms with E-state index in [1.165, 1.54) is 24.3 Å². The van der Waals surface area contributed by atoms with Crippen LogP contribution in [0.5, 0.6) is 0 Å². The van der Waals surface area contributed by atoms with Crippen molar-refractivity contribution in [2.24, 2.45) is 0 Å². The molecule has 3 rings (SSSR count). The minimum absolute atomic E-state index is 0.0638. The van der Waals surface area contributed by atoms with Gasteiger partial charge in [0.15, 0.2) is 0 Å². The Morgan fingerprint density at radius 2 is 1.69 bits per heavy atom. The van der Waals surface area contributed by atoms with Gasteiger partial charge in [0.1, 0.15) is 5.82 Å². The molecule has 1 aliphatic rings. The third kappa shape index (κ3) is 4.23. The highest BCUT2D eigenvalue weighted by Gasteiger charge is 2.58. The molecule has 0 spiro atoms. The number of halogens is 6. The van der Waals surface area contributed by atoms with Gasteiger partial charge in [0.25, 0.3) is 0 Å². The molecule has 0 saturated carbocycles. The molecule has 1 heterocycles. The van der Waals surface area contributed by atoms with Gasteiger partial charge >= 0.3 is 12.1 Å². The molecule has 0 fully saturated rings. The largest absolute Gasteiger partial charge is 0.458 e. The van der Waals surface area contributed by atoms with Gasteiger partial charge < -0.3 is 5.32 Å². The number of allylic oxidation sites excluding steroid dienone is 3. The summed E-state index contributed by atoms with van der Waals surface area (Å²) in [6, 6.07) is 6.90. The lowest BCUT2D eigenvalue weighted by atomic mass is 9.89. The number of aryl methyl sites for hydroxylation is 1. The highest BCUT2D eigenvalue weighted by Crippen LogP contribution is 2.44. The Kier molecular flexibility index (Phi) is 5.34. The maximum absolute atomic E-state index is 13.9. The van der Waals surface area contributed by atoms with Crippen molar-refractivity contribution >= 4 is 5.57 Å². The molecular formula is C22H17F6N. The molecule has 2 aromatic rings. The lowest BCUT2D eigenvalue weighted by Gasteiger charge is -2.22. The van der Waals surface area contributed by atoms with Gasteiger partial charge in [-0.1, -0.05) is 24.8 Å². The van der Waals surface area contributed by atoms with Crippen LogP contribution in [0.25, 0.3) is 5.57 Å². The molecule has 0 bridgehead atoms. The number of nitrogens with one attached hydrogen (secondary N) is 1. The lowest BCUT2D eigenvalue weighted by Crippen LogP contribution is -2.33. The lowest BCUT2D eigenvalue weighted by molar-refractivity contribution is -0.289. The van der Waals surface area contributed by atoms with E-state index in [0.717, 1.165) is 12.1 Å². The van der Waals surface area contributed by atoms with Crippen molar-refractivity contribution in [2.75, 3.05) is 0 Å². The molecule has 1 aliphatic heterocycles. The van der Waals surface area contributed by atoms with Gasteiger partial charge in [-0.05, 0) is 71.5 Å². The van der Waals surface area contributed by atoms with Crippen LogP contribution in [-0.4, -0.2) is 6.18 Å². The van der Waals surface area contributed by atoms with E-state index in [2.05, 4.69) is 11.9 Å². The third-order valence-electron chi connectivity index (χ3n) is 4.68. The van der Waals surface area contributed by atoms with Crippen molar-refractivity contribution in [2.45, 2.75) is 25.4 Å². The minimum Gasteiger partial charge on any atom is -0.362 e. The Balaban J connectivity index is 2.14. The second-order valence-electron chi connectivity index (χ2n) is 6.79. The van der Waals surface area contributed by atoms with Gasteiger partial charge in [-0.3, -0.25) is 0 Å². The maximum Gasteiger partial charge on any atom is 0.458 e. The van der Waals surface area contributed by atoms with E-state index in [4.69, 9.17) is 0 Å². The number of alkyl halides is 5. The first-order valence-corrected chi connectivity index (χ1v) is 8.66. The fraction of sp³-hybridized carbons (Fsp3) is 0.182. The van der Waals surface area contributed by atoms with Crippen molar-refractivity contribution in [3.63, 3.8) is 0 Å². The normalized spacial score (nSPS) is 14.6. The van der Waals surface area contributed by atoms with Crippen molar-refractivity contribution in [1.29, 1.82) is 0 Å². The van der Waals surface area contributed by atoms with E-state index in [9.17, 15) is 26.3 Å². The summed E-state index contributed by atoms with van der Waals surface area (Å²) in [5.74, 6) is -5.44. The van der Waals surface area contributed by atoms with Crippen molar-refractivity contribution in [3.8, 4) is 0 Å². The van der Waals surface area contributed by atoms with E-state index < -0.39 is 23.5 Å². The van der Waals surface area contributed by atoms with Gasteiger partial charge in [-0.2, -0.15) is 22.0 Å². The first-order chi connectivity index (χ1) is 13.5. The number of hydrogen-bond acceptors (Lipinski definition) is 1. The van der Waals surface area contributed by atoms with Crippen molar-refractivity contribution in [1.82, 2.24) is 5.32 Å². The highest BCUT2D eigenvalue weighted by molar-refractivity contribution is 5.79. The summed E-state index contributed by atoms with van der Waals surface area (Å²) in [7, 11) is 0. The first-order valence-electron chi connectivity index (χ1n) is 8.66. The zero-order valence-corrected chi connectivity index (χ0v) is 15.4. The zero-order valence-electron chi connectivity index (χ0n) is 15.4. The fourth-order valence-corrected chi connectivity index (χ4v) is 3.13. The van der Waals surface area contributed by atoms with Crippen LogP contribution in [0.3, 0.4) is 0 Å². The number of dihydropyridines is 1. The molecule has 29 heavy (non-hydrogen) atoms. The molecule has 0 saturated heterocycles. The molecule has 2 aromatic carbocycles. The Labute approximate surface area is 164 Å². The predicted octanol–water partition coefficient (Wildman–Crippen LogP) is 6.39. The summed E-state index contributed by atoms with van der Waals surface area (Å²) in [6.07, 6.45) is -0.707. The van der Waals surface area contributed by atoms with E-state index >= 15 is 0 Å². The standard InChI is InChI=1S/C22H17F6N/c1-13-9-19(23)5-3-15(13)11-17-12-18(21(24,25)22(26,27)28)4-6-20(17)16-7-8-29-14(2)10-16/h3-10,12,29H,2,11H2,1H3. The van der Waals surface area contributed by atoms with Crippen LogP contribution in [0, 0.1) is 12.7 Å². The predicted molar refractivity (Wildman–Crippen MR) is 99.7 cm³/mol. The summed E-state index contributed by atoms with van der Waals surface area (Å²) in [6.45, 7) is 5.42. The van der Waals surface area contributed by atoms with Crippen molar-refractivity contribution < 1.29 is 26.3 Å². The molecule has 0 amide bonds. The molecule has 0 aliphatic carbocycles. The highest BCUT2D eigenvalue weighted by atomic mass is 19.4. The molecule has 0 unspecified atom stereocenters. The number of benzene rings is 2. The molecule has 1 N–H and O–H groups in total. The van der Waals surface area contributed by atoms with Gasteiger partial charge in [0.05, 0.1) is 0 Å². The Hall–Kier alpha value is -2.96. The van der Waals surface area contributed by atoms with Crippen LogP contribution in [0.15, 0.2) is 67.0 Å². The second kappa shape index (κ2) is 7.46.